The predicted molar refractivity (Wildman–Crippen MR) is 210 cm³/mol. The van der Waals surface area contributed by atoms with Crippen LogP contribution in [-0.2, 0) is 22.7 Å². The fourth-order valence-electron chi connectivity index (χ4n) is 6.52. The molecule has 2 aromatic carbocycles. The first kappa shape index (κ1) is 42.4. The van der Waals surface area contributed by atoms with Gasteiger partial charge in [0.1, 0.15) is 0 Å². The van der Waals surface area contributed by atoms with Crippen LogP contribution in [-0.4, -0.2) is 62.3 Å². The first-order valence-corrected chi connectivity index (χ1v) is 20.5. The second-order valence-corrected chi connectivity index (χ2v) is 14.1. The zero-order valence-electron chi connectivity index (χ0n) is 32.1. The maximum atomic E-state index is 6.23. The Kier molecular flexibility index (Phi) is 26.6. The van der Waals surface area contributed by atoms with Gasteiger partial charge in [-0.25, -0.2) is 0 Å². The second-order valence-electron chi connectivity index (χ2n) is 14.1. The van der Waals surface area contributed by atoms with Crippen molar-refractivity contribution in [2.45, 2.75) is 156 Å². The maximum Gasteiger partial charge on any atom is 0.0717 e. The van der Waals surface area contributed by atoms with E-state index in [0.29, 0.717) is 13.2 Å². The highest BCUT2D eigenvalue weighted by Crippen LogP contribution is 2.22. The van der Waals surface area contributed by atoms with Gasteiger partial charge in [0.2, 0.25) is 0 Å². The lowest BCUT2D eigenvalue weighted by Crippen LogP contribution is -2.30. The number of ether oxygens (including phenoxy) is 2. The molecular weight excluding hydrogens is 588 g/mol. The van der Waals surface area contributed by atoms with Crippen LogP contribution in [0.3, 0.4) is 0 Å². The second kappa shape index (κ2) is 30.1. The highest BCUT2D eigenvalue weighted by Gasteiger charge is 2.08. The summed E-state index contributed by atoms with van der Waals surface area (Å²) in [6, 6.07) is 17.8. The first-order chi connectivity index (χ1) is 23.7. The molecule has 0 bridgehead atoms. The van der Waals surface area contributed by atoms with Crippen molar-refractivity contribution < 1.29 is 9.47 Å². The van der Waals surface area contributed by atoms with Crippen molar-refractivity contribution in [1.29, 1.82) is 0 Å². The number of hydrogen-bond acceptors (Lipinski definition) is 4. The zero-order chi connectivity index (χ0) is 34.3. The molecule has 2 rings (SSSR count). The van der Waals surface area contributed by atoms with Gasteiger partial charge in [0.05, 0.1) is 26.4 Å². The summed E-state index contributed by atoms with van der Waals surface area (Å²) in [5.74, 6) is 0. The van der Waals surface area contributed by atoms with Gasteiger partial charge in [0, 0.05) is 13.1 Å². The quantitative estimate of drug-likeness (QED) is 0.0709. The van der Waals surface area contributed by atoms with E-state index in [9.17, 15) is 0 Å². The summed E-state index contributed by atoms with van der Waals surface area (Å²) < 4.78 is 12.5. The largest absolute Gasteiger partial charge is 0.375 e. The maximum absolute atomic E-state index is 6.23. The molecule has 0 aliphatic rings. The summed E-state index contributed by atoms with van der Waals surface area (Å²) in [7, 11) is 0. The van der Waals surface area contributed by atoms with Crippen molar-refractivity contribution in [2.24, 2.45) is 0 Å². The van der Waals surface area contributed by atoms with Crippen LogP contribution in [0.15, 0.2) is 48.5 Å². The van der Waals surface area contributed by atoms with Gasteiger partial charge in [0.15, 0.2) is 0 Å². The van der Waals surface area contributed by atoms with Crippen molar-refractivity contribution in [3.05, 3.63) is 59.7 Å². The van der Waals surface area contributed by atoms with Gasteiger partial charge in [-0.3, -0.25) is 0 Å². The van der Waals surface area contributed by atoms with Crippen LogP contribution in [0, 0.1) is 0 Å². The summed E-state index contributed by atoms with van der Waals surface area (Å²) in [4.78, 5) is 5.28. The molecule has 0 saturated heterocycles. The lowest BCUT2D eigenvalue weighted by Gasteiger charge is -2.22. The van der Waals surface area contributed by atoms with Gasteiger partial charge in [-0.05, 0) is 86.2 Å². The Morgan fingerprint density at radius 3 is 1.12 bits per heavy atom. The molecule has 0 fully saturated rings. The van der Waals surface area contributed by atoms with Crippen LogP contribution in [0.1, 0.15) is 154 Å². The van der Waals surface area contributed by atoms with E-state index >= 15 is 0 Å². The molecule has 0 saturated carbocycles. The highest BCUT2D eigenvalue weighted by molar-refractivity contribution is 5.64. The van der Waals surface area contributed by atoms with E-state index < -0.39 is 0 Å². The average molecular weight is 665 g/mol. The Balaban J connectivity index is 1.78. The van der Waals surface area contributed by atoms with Crippen molar-refractivity contribution in [1.82, 2.24) is 9.80 Å². The molecule has 4 nitrogen and oxygen atoms in total. The van der Waals surface area contributed by atoms with Crippen LogP contribution >= 0.6 is 0 Å². The van der Waals surface area contributed by atoms with Crippen LogP contribution in [0.4, 0.5) is 0 Å². The van der Waals surface area contributed by atoms with Gasteiger partial charge < -0.3 is 19.3 Å². The molecule has 0 unspecified atom stereocenters. The molecule has 0 aliphatic carbocycles. The Morgan fingerprint density at radius 2 is 0.729 bits per heavy atom. The van der Waals surface area contributed by atoms with E-state index in [0.717, 1.165) is 26.3 Å². The first-order valence-electron chi connectivity index (χ1n) is 20.5. The highest BCUT2D eigenvalue weighted by atomic mass is 16.5. The third-order valence-corrected chi connectivity index (χ3v) is 9.64. The van der Waals surface area contributed by atoms with Gasteiger partial charge in [-0.1, -0.05) is 154 Å². The smallest absolute Gasteiger partial charge is 0.0717 e. The molecule has 48 heavy (non-hydrogen) atoms. The van der Waals surface area contributed by atoms with Crippen molar-refractivity contribution in [3.63, 3.8) is 0 Å². The molecule has 0 radical (unpaired) electrons. The van der Waals surface area contributed by atoms with Gasteiger partial charge in [-0.2, -0.15) is 0 Å². The molecule has 2 aromatic rings. The summed E-state index contributed by atoms with van der Waals surface area (Å²) in [5.41, 5.74) is 5.00. The Bertz CT molecular complexity index is 916. The van der Waals surface area contributed by atoms with E-state index in [1.165, 1.54) is 164 Å². The molecule has 0 aliphatic heterocycles. The molecule has 0 heterocycles. The van der Waals surface area contributed by atoms with Gasteiger partial charge in [0.25, 0.3) is 0 Å². The molecule has 0 N–H and O–H groups in total. The number of hydrogen-bond donors (Lipinski definition) is 0. The molecule has 274 valence electrons. The minimum Gasteiger partial charge on any atom is -0.375 e. The van der Waals surface area contributed by atoms with Crippen LogP contribution in [0.25, 0.3) is 11.1 Å². The van der Waals surface area contributed by atoms with Crippen molar-refractivity contribution in [3.8, 4) is 11.1 Å². The summed E-state index contributed by atoms with van der Waals surface area (Å²) >= 11 is 0. The fourth-order valence-corrected chi connectivity index (χ4v) is 6.52. The van der Waals surface area contributed by atoms with E-state index in [2.05, 4.69) is 86.0 Å². The van der Waals surface area contributed by atoms with Crippen LogP contribution in [0.2, 0.25) is 0 Å². The number of rotatable bonds is 33. The molecular formula is C44H76N2O2. The molecule has 0 spiro atoms. The van der Waals surface area contributed by atoms with E-state index in [1.807, 2.05) is 0 Å². The standard InChI is InChI=1S/C44H76N2O2/c1-5-9-13-15-17-21-31-45(29-19-11-7-3)33-35-47-39-41-25-23-27-43(37-41)44-28-24-26-42(38-44)40-48-36-34-46(30-20-12-8-4)32-22-18-16-14-10-6-2/h23-28,37-38H,5-22,29-36,39-40H2,1-4H3. The lowest BCUT2D eigenvalue weighted by molar-refractivity contribution is 0.0911. The third-order valence-electron chi connectivity index (χ3n) is 9.64. The third kappa shape index (κ3) is 21.4. The van der Waals surface area contributed by atoms with E-state index in [1.54, 1.807) is 0 Å². The summed E-state index contributed by atoms with van der Waals surface area (Å²) in [5, 5.41) is 0. The van der Waals surface area contributed by atoms with Gasteiger partial charge in [-0.15, -0.1) is 0 Å². The number of nitrogens with zero attached hydrogens (tertiary/aromatic N) is 2. The lowest BCUT2D eigenvalue weighted by atomic mass is 10.0. The zero-order valence-corrected chi connectivity index (χ0v) is 32.1. The fraction of sp³-hybridized carbons (Fsp3) is 0.727. The summed E-state index contributed by atoms with van der Waals surface area (Å²) in [6.07, 6.45) is 24.1. The van der Waals surface area contributed by atoms with E-state index in [-0.39, 0.29) is 0 Å². The molecule has 0 amide bonds. The number of benzene rings is 2. The average Bonchev–Trinajstić information content (AvgIpc) is 3.11. The topological polar surface area (TPSA) is 24.9 Å². The molecule has 0 atom stereocenters. The van der Waals surface area contributed by atoms with Crippen molar-refractivity contribution >= 4 is 0 Å². The minimum atomic E-state index is 0.671. The Hall–Kier alpha value is -1.72. The normalized spacial score (nSPS) is 11.7. The Labute approximate surface area is 298 Å². The van der Waals surface area contributed by atoms with E-state index in [4.69, 9.17) is 9.47 Å². The monoisotopic (exact) mass is 665 g/mol. The van der Waals surface area contributed by atoms with Crippen molar-refractivity contribution in [2.75, 3.05) is 52.5 Å². The van der Waals surface area contributed by atoms with Gasteiger partial charge >= 0.3 is 0 Å². The number of unbranched alkanes of at least 4 members (excludes halogenated alkanes) is 14. The van der Waals surface area contributed by atoms with Crippen LogP contribution in [0.5, 0.6) is 0 Å². The summed E-state index contributed by atoms with van der Waals surface area (Å²) in [6.45, 7) is 19.0. The Morgan fingerprint density at radius 1 is 0.396 bits per heavy atom. The van der Waals surface area contributed by atoms with Crippen LogP contribution < -0.4 is 0 Å². The molecule has 4 heteroatoms. The predicted octanol–water partition coefficient (Wildman–Crippen LogP) is 12.1. The minimum absolute atomic E-state index is 0.671. The SMILES string of the molecule is CCCCCCCCN(CCCCC)CCOCc1cccc(-c2cccc(COCCN(CCCCC)CCCCCCCC)c2)c1. The molecule has 0 aromatic heterocycles.